The van der Waals surface area contributed by atoms with Crippen LogP contribution in [0.1, 0.15) is 29.7 Å². The van der Waals surface area contributed by atoms with E-state index < -0.39 is 6.04 Å². The highest BCUT2D eigenvalue weighted by Crippen LogP contribution is 2.30. The summed E-state index contributed by atoms with van der Waals surface area (Å²) < 4.78 is 0. The number of nitrogens with one attached hydrogen (secondary N) is 1. The number of nitrogens with zero attached hydrogens (tertiary/aromatic N) is 1. The van der Waals surface area contributed by atoms with Crippen molar-refractivity contribution in [2.75, 3.05) is 6.54 Å². The van der Waals surface area contributed by atoms with Gasteiger partial charge in [-0.3, -0.25) is 9.59 Å². The van der Waals surface area contributed by atoms with Gasteiger partial charge < -0.3 is 10.2 Å². The van der Waals surface area contributed by atoms with Crippen molar-refractivity contribution >= 4 is 23.4 Å². The lowest BCUT2D eigenvalue weighted by molar-refractivity contribution is -0.141. The van der Waals surface area contributed by atoms with Crippen molar-refractivity contribution in [3.8, 4) is 0 Å². The Hall–Kier alpha value is -2.33. The van der Waals surface area contributed by atoms with Crippen molar-refractivity contribution < 1.29 is 9.59 Å². The number of rotatable bonds is 4. The lowest BCUT2D eigenvalue weighted by Crippen LogP contribution is -2.47. The first-order chi connectivity index (χ1) is 11.6. The maximum atomic E-state index is 12.8. The predicted molar refractivity (Wildman–Crippen MR) is 93.6 cm³/mol. The quantitative estimate of drug-likeness (QED) is 0.928. The summed E-state index contributed by atoms with van der Waals surface area (Å²) in [5.74, 6) is -0.202. The van der Waals surface area contributed by atoms with Crippen LogP contribution in [-0.4, -0.2) is 23.3 Å². The molecule has 0 fully saturated rings. The molecule has 0 saturated heterocycles. The zero-order chi connectivity index (χ0) is 17.1. The van der Waals surface area contributed by atoms with Gasteiger partial charge in [-0.1, -0.05) is 54.1 Å². The number of fused-ring (bicyclic) bond motifs is 1. The molecule has 2 aromatic carbocycles. The minimum Gasteiger partial charge on any atom is -0.350 e. The van der Waals surface area contributed by atoms with Crippen molar-refractivity contribution in [2.24, 2.45) is 0 Å². The van der Waals surface area contributed by atoms with Crippen LogP contribution in [0.2, 0.25) is 5.02 Å². The summed E-state index contributed by atoms with van der Waals surface area (Å²) in [4.78, 5) is 26.8. The summed E-state index contributed by atoms with van der Waals surface area (Å²) in [5, 5.41) is 3.53. The number of carbonyl (C=O) groups excluding carboxylic acids is 2. The van der Waals surface area contributed by atoms with Gasteiger partial charge in [-0.15, -0.1) is 0 Å². The Morgan fingerprint density at radius 1 is 1.21 bits per heavy atom. The van der Waals surface area contributed by atoms with Gasteiger partial charge in [-0.25, -0.2) is 0 Å². The van der Waals surface area contributed by atoms with Crippen LogP contribution >= 0.6 is 11.6 Å². The molecule has 5 heteroatoms. The molecule has 0 radical (unpaired) electrons. The minimum atomic E-state index is -0.588. The number of carbonyl (C=O) groups is 2. The molecular weight excluding hydrogens is 324 g/mol. The molecule has 0 aromatic heterocycles. The van der Waals surface area contributed by atoms with Gasteiger partial charge in [0.2, 0.25) is 11.8 Å². The Kier molecular flexibility index (Phi) is 4.86. The minimum absolute atomic E-state index is 0.0194. The summed E-state index contributed by atoms with van der Waals surface area (Å²) in [6.45, 7) is 2.72. The monoisotopic (exact) mass is 342 g/mol. The summed E-state index contributed by atoms with van der Waals surface area (Å²) >= 11 is 6.14. The largest absolute Gasteiger partial charge is 0.350 e. The van der Waals surface area contributed by atoms with Gasteiger partial charge in [0, 0.05) is 18.1 Å². The Balaban J connectivity index is 1.84. The van der Waals surface area contributed by atoms with E-state index in [1.165, 1.54) is 0 Å². The SMILES string of the molecule is CCN1C(=O)Cc2ccccc2[C@@H]1C(=O)NCc1ccccc1Cl. The number of hydrogen-bond donors (Lipinski definition) is 1. The Bertz CT molecular complexity index is 775. The van der Waals surface area contributed by atoms with Crippen LogP contribution in [0.3, 0.4) is 0 Å². The number of amides is 2. The van der Waals surface area contributed by atoms with Crippen LogP contribution in [0, 0.1) is 0 Å². The van der Waals surface area contributed by atoms with Crippen molar-refractivity contribution in [1.82, 2.24) is 10.2 Å². The fraction of sp³-hybridized carbons (Fsp3) is 0.263. The maximum Gasteiger partial charge on any atom is 0.247 e. The topological polar surface area (TPSA) is 49.4 Å². The van der Waals surface area contributed by atoms with E-state index in [0.717, 1.165) is 16.7 Å². The molecule has 1 aliphatic heterocycles. The molecule has 0 unspecified atom stereocenters. The first-order valence-electron chi connectivity index (χ1n) is 8.00. The van der Waals surface area contributed by atoms with E-state index in [-0.39, 0.29) is 11.8 Å². The van der Waals surface area contributed by atoms with Crippen LogP contribution in [0.25, 0.3) is 0 Å². The molecule has 1 heterocycles. The summed E-state index contributed by atoms with van der Waals surface area (Å²) in [6.07, 6.45) is 0.346. The second-order valence-corrected chi connectivity index (χ2v) is 6.17. The second kappa shape index (κ2) is 7.05. The fourth-order valence-corrected chi connectivity index (χ4v) is 3.30. The van der Waals surface area contributed by atoms with Crippen molar-refractivity contribution in [2.45, 2.75) is 25.9 Å². The molecule has 0 aliphatic carbocycles. The van der Waals surface area contributed by atoms with Crippen LogP contribution in [0.4, 0.5) is 0 Å². The van der Waals surface area contributed by atoms with Gasteiger partial charge in [0.05, 0.1) is 6.42 Å². The molecule has 2 aromatic rings. The fourth-order valence-electron chi connectivity index (χ4n) is 3.10. The standard InChI is InChI=1S/C19H19ClN2O2/c1-2-22-17(23)11-13-7-3-5-9-15(13)18(22)19(24)21-12-14-8-4-6-10-16(14)20/h3-10,18H,2,11-12H2,1H3,(H,21,24)/t18-/m1/s1. The average Bonchev–Trinajstić information content (AvgIpc) is 2.59. The van der Waals surface area contributed by atoms with Crippen LogP contribution < -0.4 is 5.32 Å². The van der Waals surface area contributed by atoms with E-state index in [1.807, 2.05) is 49.4 Å². The molecule has 0 bridgehead atoms. The third-order valence-electron chi connectivity index (χ3n) is 4.32. The Morgan fingerprint density at radius 2 is 1.92 bits per heavy atom. The zero-order valence-corrected chi connectivity index (χ0v) is 14.2. The van der Waals surface area contributed by atoms with E-state index in [0.29, 0.717) is 24.5 Å². The molecule has 0 saturated carbocycles. The first kappa shape index (κ1) is 16.5. The molecule has 1 N–H and O–H groups in total. The average molecular weight is 343 g/mol. The molecular formula is C19H19ClN2O2. The van der Waals surface area contributed by atoms with E-state index in [4.69, 9.17) is 11.6 Å². The van der Waals surface area contributed by atoms with E-state index >= 15 is 0 Å². The van der Waals surface area contributed by atoms with E-state index in [9.17, 15) is 9.59 Å². The number of hydrogen-bond acceptors (Lipinski definition) is 2. The maximum absolute atomic E-state index is 12.8. The molecule has 3 rings (SSSR count). The van der Waals surface area contributed by atoms with Crippen molar-refractivity contribution in [3.63, 3.8) is 0 Å². The van der Waals surface area contributed by atoms with E-state index in [1.54, 1.807) is 11.0 Å². The predicted octanol–water partition coefficient (Wildman–Crippen LogP) is 3.10. The highest BCUT2D eigenvalue weighted by molar-refractivity contribution is 6.31. The Morgan fingerprint density at radius 3 is 2.67 bits per heavy atom. The third-order valence-corrected chi connectivity index (χ3v) is 4.69. The van der Waals surface area contributed by atoms with Gasteiger partial charge in [0.15, 0.2) is 0 Å². The summed E-state index contributed by atoms with van der Waals surface area (Å²) in [6, 6.07) is 14.4. The molecule has 1 atom stereocenters. The summed E-state index contributed by atoms with van der Waals surface area (Å²) in [7, 11) is 0. The first-order valence-corrected chi connectivity index (χ1v) is 8.38. The highest BCUT2D eigenvalue weighted by Gasteiger charge is 2.35. The molecule has 4 nitrogen and oxygen atoms in total. The third kappa shape index (κ3) is 3.15. The van der Waals surface area contributed by atoms with Crippen LogP contribution in [-0.2, 0) is 22.6 Å². The number of likely N-dealkylation sites (N-methyl/N-ethyl adjacent to an activating group) is 1. The molecule has 2 amide bonds. The van der Waals surface area contributed by atoms with Crippen LogP contribution in [0.5, 0.6) is 0 Å². The smallest absolute Gasteiger partial charge is 0.247 e. The van der Waals surface area contributed by atoms with Crippen molar-refractivity contribution in [3.05, 3.63) is 70.2 Å². The van der Waals surface area contributed by atoms with E-state index in [2.05, 4.69) is 5.32 Å². The van der Waals surface area contributed by atoms with Gasteiger partial charge in [-0.2, -0.15) is 0 Å². The normalized spacial score (nSPS) is 16.7. The molecule has 0 spiro atoms. The molecule has 1 aliphatic rings. The van der Waals surface area contributed by atoms with Gasteiger partial charge >= 0.3 is 0 Å². The van der Waals surface area contributed by atoms with Gasteiger partial charge in [-0.05, 0) is 29.7 Å². The highest BCUT2D eigenvalue weighted by atomic mass is 35.5. The lowest BCUT2D eigenvalue weighted by atomic mass is 9.91. The zero-order valence-electron chi connectivity index (χ0n) is 13.5. The van der Waals surface area contributed by atoms with Crippen molar-refractivity contribution in [1.29, 1.82) is 0 Å². The summed E-state index contributed by atoms with van der Waals surface area (Å²) in [5.41, 5.74) is 2.67. The Labute approximate surface area is 146 Å². The van der Waals surface area contributed by atoms with Crippen LogP contribution in [0.15, 0.2) is 48.5 Å². The van der Waals surface area contributed by atoms with Gasteiger partial charge in [0.1, 0.15) is 6.04 Å². The molecule has 124 valence electrons. The second-order valence-electron chi connectivity index (χ2n) is 5.77. The molecule has 24 heavy (non-hydrogen) atoms. The lowest BCUT2D eigenvalue weighted by Gasteiger charge is -2.35. The van der Waals surface area contributed by atoms with Gasteiger partial charge in [0.25, 0.3) is 0 Å². The number of halogens is 1. The number of benzene rings is 2.